The van der Waals surface area contributed by atoms with Crippen LogP contribution < -0.4 is 14.8 Å². The van der Waals surface area contributed by atoms with Crippen molar-refractivity contribution in [2.75, 3.05) is 12.4 Å². The molecular weight excluding hydrogens is 380 g/mol. The second-order valence-electron chi connectivity index (χ2n) is 7.41. The van der Waals surface area contributed by atoms with Gasteiger partial charge in [-0.1, -0.05) is 36.4 Å². The lowest BCUT2D eigenvalue weighted by molar-refractivity contribution is -0.116. The summed E-state index contributed by atoms with van der Waals surface area (Å²) >= 11 is 0. The Balaban J connectivity index is 1.50. The van der Waals surface area contributed by atoms with E-state index >= 15 is 0 Å². The number of nitrogens with one attached hydrogen (secondary N) is 1. The van der Waals surface area contributed by atoms with E-state index in [0.717, 1.165) is 35.2 Å². The van der Waals surface area contributed by atoms with Crippen LogP contribution in [0.25, 0.3) is 0 Å². The van der Waals surface area contributed by atoms with Gasteiger partial charge in [-0.3, -0.25) is 4.79 Å². The van der Waals surface area contributed by atoms with Gasteiger partial charge in [0.1, 0.15) is 19.0 Å². The quantitative estimate of drug-likeness (QED) is 0.698. The van der Waals surface area contributed by atoms with E-state index in [-0.39, 0.29) is 11.8 Å². The number of ether oxygens (including phenoxy) is 2. The van der Waals surface area contributed by atoms with Gasteiger partial charge < -0.3 is 14.8 Å². The van der Waals surface area contributed by atoms with E-state index < -0.39 is 0 Å². The molecule has 3 aromatic rings. The Labute approximate surface area is 174 Å². The van der Waals surface area contributed by atoms with Crippen LogP contribution in [0.2, 0.25) is 0 Å². The smallest absolute Gasteiger partial charge is 0.226 e. The number of ketones is 1. The molecule has 152 valence electrons. The number of allylic oxidation sites excluding steroid dienone is 2. The summed E-state index contributed by atoms with van der Waals surface area (Å²) in [5.74, 6) is 2.08. The van der Waals surface area contributed by atoms with E-state index in [1.807, 2.05) is 48.5 Å². The zero-order valence-corrected chi connectivity index (χ0v) is 16.7. The Kier molecular flexibility index (Phi) is 4.71. The topological polar surface area (TPSA) is 78.3 Å². The predicted octanol–water partition coefficient (Wildman–Crippen LogP) is 3.89. The minimum atomic E-state index is -0.330. The Bertz CT molecular complexity index is 1120. The number of methoxy groups -OCH3 is 1. The fourth-order valence-corrected chi connectivity index (χ4v) is 4.11. The molecule has 2 aromatic carbocycles. The molecule has 30 heavy (non-hydrogen) atoms. The second kappa shape index (κ2) is 7.67. The van der Waals surface area contributed by atoms with Gasteiger partial charge in [-0.2, -0.15) is 10.1 Å². The number of rotatable bonds is 5. The summed E-state index contributed by atoms with van der Waals surface area (Å²) in [7, 11) is 1.62. The summed E-state index contributed by atoms with van der Waals surface area (Å²) in [6.07, 6.45) is 3.74. The zero-order valence-electron chi connectivity index (χ0n) is 16.7. The molecule has 2 aliphatic rings. The number of anilines is 1. The second-order valence-corrected chi connectivity index (χ2v) is 7.41. The number of benzene rings is 2. The molecule has 1 unspecified atom stereocenters. The third-order valence-electron chi connectivity index (χ3n) is 5.55. The third kappa shape index (κ3) is 3.22. The van der Waals surface area contributed by atoms with Crippen LogP contribution in [-0.4, -0.2) is 27.7 Å². The molecule has 0 amide bonds. The van der Waals surface area contributed by atoms with Crippen molar-refractivity contribution in [1.29, 1.82) is 0 Å². The maximum absolute atomic E-state index is 12.8. The Hall–Kier alpha value is -3.61. The van der Waals surface area contributed by atoms with Crippen LogP contribution >= 0.6 is 0 Å². The molecule has 7 heteroatoms. The van der Waals surface area contributed by atoms with E-state index in [4.69, 9.17) is 9.47 Å². The van der Waals surface area contributed by atoms with Crippen molar-refractivity contribution >= 4 is 11.7 Å². The van der Waals surface area contributed by atoms with Gasteiger partial charge in [0.25, 0.3) is 0 Å². The minimum absolute atomic E-state index is 0.151. The van der Waals surface area contributed by atoms with Crippen molar-refractivity contribution in [2.24, 2.45) is 0 Å². The molecule has 1 aromatic heterocycles. The highest BCUT2D eigenvalue weighted by molar-refractivity contribution is 5.99. The fraction of sp³-hybridized carbons (Fsp3) is 0.261. The number of fused-ring (bicyclic) bond motifs is 1. The first-order chi connectivity index (χ1) is 14.7. The number of aromatic nitrogens is 3. The summed E-state index contributed by atoms with van der Waals surface area (Å²) in [4.78, 5) is 17.1. The number of carbonyl (C=O) groups is 1. The Morgan fingerprint density at radius 3 is 2.83 bits per heavy atom. The Morgan fingerprint density at radius 1 is 1.13 bits per heavy atom. The van der Waals surface area contributed by atoms with E-state index in [9.17, 15) is 4.79 Å². The molecule has 7 nitrogen and oxygen atoms in total. The highest BCUT2D eigenvalue weighted by Gasteiger charge is 2.36. The number of Topliss-reactive ketones (excluding diaryl/α,β-unsaturated/α-hetero) is 1. The third-order valence-corrected chi connectivity index (χ3v) is 5.55. The molecule has 0 spiro atoms. The maximum atomic E-state index is 12.8. The van der Waals surface area contributed by atoms with Gasteiger partial charge in [-0.15, -0.1) is 0 Å². The van der Waals surface area contributed by atoms with Crippen LogP contribution in [0.4, 0.5) is 5.95 Å². The molecule has 0 radical (unpaired) electrons. The van der Waals surface area contributed by atoms with Crippen molar-refractivity contribution < 1.29 is 14.3 Å². The predicted molar refractivity (Wildman–Crippen MR) is 111 cm³/mol. The monoisotopic (exact) mass is 402 g/mol. The lowest BCUT2D eigenvalue weighted by Gasteiger charge is -2.32. The maximum Gasteiger partial charge on any atom is 0.226 e. The van der Waals surface area contributed by atoms with Crippen molar-refractivity contribution in [2.45, 2.75) is 31.9 Å². The lowest BCUT2D eigenvalue weighted by atomic mass is 9.85. The summed E-state index contributed by atoms with van der Waals surface area (Å²) < 4.78 is 13.4. The molecule has 1 atom stereocenters. The number of carbonyl (C=O) groups excluding carboxylic acids is 1. The molecule has 1 N–H and O–H groups in total. The molecule has 2 heterocycles. The van der Waals surface area contributed by atoms with Crippen LogP contribution in [0.5, 0.6) is 11.5 Å². The SMILES string of the molecule is COc1cc(C2C3=C(CCCC3=O)Nc3ncnn32)ccc1OCc1ccccc1. The zero-order chi connectivity index (χ0) is 20.5. The van der Waals surface area contributed by atoms with Crippen LogP contribution in [0, 0.1) is 0 Å². The summed E-state index contributed by atoms with van der Waals surface area (Å²) in [5.41, 5.74) is 3.70. The largest absolute Gasteiger partial charge is 0.493 e. The van der Waals surface area contributed by atoms with Crippen molar-refractivity contribution in [1.82, 2.24) is 14.8 Å². The number of hydrogen-bond donors (Lipinski definition) is 1. The number of hydrogen-bond acceptors (Lipinski definition) is 6. The summed E-state index contributed by atoms with van der Waals surface area (Å²) in [6, 6.07) is 15.4. The highest BCUT2D eigenvalue weighted by atomic mass is 16.5. The molecule has 0 saturated heterocycles. The molecule has 1 aliphatic carbocycles. The van der Waals surface area contributed by atoms with Crippen LogP contribution in [0.15, 0.2) is 66.1 Å². The first kappa shape index (κ1) is 18.4. The average Bonchev–Trinajstić information content (AvgIpc) is 3.25. The van der Waals surface area contributed by atoms with Gasteiger partial charge >= 0.3 is 0 Å². The minimum Gasteiger partial charge on any atom is -0.493 e. The van der Waals surface area contributed by atoms with Gasteiger partial charge in [-0.05, 0) is 36.1 Å². The standard InChI is InChI=1S/C23H22N4O3/c1-29-20-12-16(10-11-19(20)30-13-15-6-3-2-4-7-15)22-21-17(8-5-9-18(21)28)26-23-24-14-25-27(22)23/h2-4,6-7,10-12,14,22H,5,8-9,13H2,1H3,(H,24,25,26). The van der Waals surface area contributed by atoms with Gasteiger partial charge in [-0.25, -0.2) is 4.68 Å². The van der Waals surface area contributed by atoms with Crippen molar-refractivity contribution in [3.05, 3.63) is 77.3 Å². The summed E-state index contributed by atoms with van der Waals surface area (Å²) in [5, 5.41) is 7.66. The van der Waals surface area contributed by atoms with E-state index in [0.29, 0.717) is 30.5 Å². The van der Waals surface area contributed by atoms with Gasteiger partial charge in [0, 0.05) is 17.7 Å². The van der Waals surface area contributed by atoms with Crippen LogP contribution in [0.1, 0.15) is 36.4 Å². The first-order valence-corrected chi connectivity index (χ1v) is 10.0. The van der Waals surface area contributed by atoms with E-state index in [1.54, 1.807) is 11.8 Å². The molecule has 0 saturated carbocycles. The van der Waals surface area contributed by atoms with Crippen LogP contribution in [-0.2, 0) is 11.4 Å². The normalized spacial score (nSPS) is 17.8. The molecule has 0 fully saturated rings. The molecule has 1 aliphatic heterocycles. The highest BCUT2D eigenvalue weighted by Crippen LogP contribution is 2.41. The van der Waals surface area contributed by atoms with Gasteiger partial charge in [0.2, 0.25) is 5.95 Å². The van der Waals surface area contributed by atoms with E-state index in [2.05, 4.69) is 15.4 Å². The van der Waals surface area contributed by atoms with Crippen molar-refractivity contribution in [3.63, 3.8) is 0 Å². The first-order valence-electron chi connectivity index (χ1n) is 10.0. The molecule has 5 rings (SSSR count). The molecular formula is C23H22N4O3. The molecule has 0 bridgehead atoms. The lowest BCUT2D eigenvalue weighted by Crippen LogP contribution is -2.31. The number of nitrogens with zero attached hydrogens (tertiary/aromatic N) is 3. The van der Waals surface area contributed by atoms with Gasteiger partial charge in [0.15, 0.2) is 17.3 Å². The van der Waals surface area contributed by atoms with Crippen LogP contribution in [0.3, 0.4) is 0 Å². The van der Waals surface area contributed by atoms with Crippen molar-refractivity contribution in [3.8, 4) is 11.5 Å². The van der Waals surface area contributed by atoms with E-state index in [1.165, 1.54) is 6.33 Å². The summed E-state index contributed by atoms with van der Waals surface area (Å²) in [6.45, 7) is 0.449. The van der Waals surface area contributed by atoms with Gasteiger partial charge in [0.05, 0.1) is 7.11 Å². The Morgan fingerprint density at radius 2 is 2.00 bits per heavy atom. The average molecular weight is 402 g/mol. The fourth-order valence-electron chi connectivity index (χ4n) is 4.11.